The number of aldehydes is 1. The third-order valence-corrected chi connectivity index (χ3v) is 6.36. The van der Waals surface area contributed by atoms with Gasteiger partial charge in [0, 0.05) is 0 Å². The summed E-state index contributed by atoms with van der Waals surface area (Å²) in [4.78, 5) is 10.6. The molecule has 2 heteroatoms. The third kappa shape index (κ3) is 7.31. The van der Waals surface area contributed by atoms with Crippen LogP contribution < -0.4 is 0 Å². The zero-order valence-electron chi connectivity index (χ0n) is 20.9. The van der Waals surface area contributed by atoms with Gasteiger partial charge < -0.3 is 4.74 Å². The maximum atomic E-state index is 10.6. The van der Waals surface area contributed by atoms with Crippen molar-refractivity contribution < 1.29 is 9.53 Å². The van der Waals surface area contributed by atoms with Gasteiger partial charge in [0.25, 0.3) is 0 Å². The molecule has 0 radical (unpaired) electrons. The summed E-state index contributed by atoms with van der Waals surface area (Å²) < 4.78 is 6.50. The van der Waals surface area contributed by atoms with Gasteiger partial charge in [0.2, 0.25) is 0 Å². The molecule has 1 aliphatic carbocycles. The van der Waals surface area contributed by atoms with Gasteiger partial charge in [-0.15, -0.1) is 0 Å². The van der Waals surface area contributed by atoms with Gasteiger partial charge in [-0.05, 0) is 82.1 Å². The van der Waals surface area contributed by atoms with E-state index in [-0.39, 0.29) is 17.1 Å². The van der Waals surface area contributed by atoms with E-state index < -0.39 is 0 Å². The average Bonchev–Trinajstić information content (AvgIpc) is 3.10. The van der Waals surface area contributed by atoms with Crippen molar-refractivity contribution in [1.82, 2.24) is 0 Å². The first kappa shape index (κ1) is 25.8. The van der Waals surface area contributed by atoms with Crippen LogP contribution in [0.4, 0.5) is 0 Å². The highest BCUT2D eigenvalue weighted by molar-refractivity contribution is 5.72. The minimum atomic E-state index is -0.101. The minimum Gasteiger partial charge on any atom is -0.359 e. The first-order valence-electron chi connectivity index (χ1n) is 11.6. The van der Waals surface area contributed by atoms with Gasteiger partial charge in [-0.25, -0.2) is 0 Å². The third-order valence-electron chi connectivity index (χ3n) is 6.36. The minimum absolute atomic E-state index is 0.0764. The number of hydrogen-bond acceptors (Lipinski definition) is 2. The molecule has 0 saturated heterocycles. The van der Waals surface area contributed by atoms with Crippen LogP contribution in [0.25, 0.3) is 0 Å². The Bertz CT molecular complexity index is 928. The molecule has 0 aromatic carbocycles. The summed E-state index contributed by atoms with van der Waals surface area (Å²) in [6.45, 7) is 15.0. The number of allylic oxidation sites excluding steroid dienone is 13. The molecule has 32 heavy (non-hydrogen) atoms. The number of carbonyl (C=O) groups is 1. The second-order valence-electron chi connectivity index (χ2n) is 9.95. The summed E-state index contributed by atoms with van der Waals surface area (Å²) in [5.41, 5.74) is 5.88. The van der Waals surface area contributed by atoms with Crippen LogP contribution in [-0.2, 0) is 9.53 Å². The van der Waals surface area contributed by atoms with Gasteiger partial charge in [0.1, 0.15) is 6.29 Å². The highest BCUT2D eigenvalue weighted by Crippen LogP contribution is 2.51. The summed E-state index contributed by atoms with van der Waals surface area (Å²) in [6.07, 6.45) is 27.2. The molecule has 0 spiro atoms. The highest BCUT2D eigenvalue weighted by atomic mass is 16.5. The molecule has 1 heterocycles. The first-order valence-corrected chi connectivity index (χ1v) is 11.6. The normalized spacial score (nSPS) is 27.5. The van der Waals surface area contributed by atoms with E-state index in [1.165, 1.54) is 29.6 Å². The van der Waals surface area contributed by atoms with Crippen molar-refractivity contribution >= 4 is 6.29 Å². The lowest BCUT2D eigenvalue weighted by molar-refractivity contribution is -0.104. The lowest BCUT2D eigenvalue weighted by Crippen LogP contribution is -2.39. The predicted octanol–water partition coefficient (Wildman–Crippen LogP) is 7.93. The Labute approximate surface area is 195 Å². The molecule has 2 rings (SSSR count). The molecule has 0 amide bonds. The summed E-state index contributed by atoms with van der Waals surface area (Å²) in [7, 11) is 0. The molecule has 2 atom stereocenters. The number of hydrogen-bond donors (Lipinski definition) is 0. The second kappa shape index (κ2) is 11.4. The van der Waals surface area contributed by atoms with E-state index in [1.54, 1.807) is 13.0 Å². The predicted molar refractivity (Wildman–Crippen MR) is 138 cm³/mol. The largest absolute Gasteiger partial charge is 0.359 e. The van der Waals surface area contributed by atoms with Gasteiger partial charge in [0.05, 0.1) is 11.7 Å². The SMILES string of the molecule is C\C(C=O)=C/C=C/C(C)=C/C=C/C=C(C)/C=C/C=C(\C)C1C=C2C(C)(C)CCCC2(C)O1. The Hall–Kier alpha value is -2.45. The fraction of sp³-hybridized carbons (Fsp3) is 0.433. The zero-order valence-corrected chi connectivity index (χ0v) is 20.9. The van der Waals surface area contributed by atoms with Crippen molar-refractivity contribution in [2.24, 2.45) is 5.41 Å². The molecule has 172 valence electrons. The van der Waals surface area contributed by atoms with Crippen LogP contribution >= 0.6 is 0 Å². The van der Waals surface area contributed by atoms with Gasteiger partial charge in [-0.1, -0.05) is 85.8 Å². The van der Waals surface area contributed by atoms with Crippen molar-refractivity contribution in [3.05, 3.63) is 94.7 Å². The van der Waals surface area contributed by atoms with Crippen molar-refractivity contribution in [2.75, 3.05) is 0 Å². The van der Waals surface area contributed by atoms with E-state index >= 15 is 0 Å². The fourth-order valence-corrected chi connectivity index (χ4v) is 4.43. The number of rotatable bonds is 8. The van der Waals surface area contributed by atoms with Crippen LogP contribution in [0.2, 0.25) is 0 Å². The van der Waals surface area contributed by atoms with E-state index in [0.29, 0.717) is 5.57 Å². The summed E-state index contributed by atoms with van der Waals surface area (Å²) >= 11 is 0. The lowest BCUT2D eigenvalue weighted by atomic mass is 9.67. The van der Waals surface area contributed by atoms with E-state index in [9.17, 15) is 4.79 Å². The smallest absolute Gasteiger partial charge is 0.145 e. The van der Waals surface area contributed by atoms with Crippen LogP contribution in [0.3, 0.4) is 0 Å². The van der Waals surface area contributed by atoms with Gasteiger partial charge >= 0.3 is 0 Å². The Kier molecular flexibility index (Phi) is 9.21. The zero-order chi connectivity index (χ0) is 23.8. The van der Waals surface area contributed by atoms with E-state index in [4.69, 9.17) is 4.74 Å². The maximum absolute atomic E-state index is 10.6. The molecule has 0 N–H and O–H groups in total. The van der Waals surface area contributed by atoms with Gasteiger partial charge in [-0.3, -0.25) is 4.79 Å². The van der Waals surface area contributed by atoms with E-state index in [1.807, 2.05) is 37.3 Å². The van der Waals surface area contributed by atoms with Gasteiger partial charge in [-0.2, -0.15) is 0 Å². The second-order valence-corrected chi connectivity index (χ2v) is 9.95. The van der Waals surface area contributed by atoms with Crippen LogP contribution in [0, 0.1) is 5.41 Å². The standard InChI is InChI=1S/C30H40O2/c1-23(15-10-17-25(3)22-31)13-8-9-14-24(2)16-11-18-26(4)27-21-28-29(5,6)19-12-20-30(28,7)32-27/h8-11,13-18,21-22,27H,12,19-20H2,1-7H3/b9-8+,15-10+,16-11+,23-13+,24-14+,25-17+,26-18+. The molecule has 0 aromatic heterocycles. The Morgan fingerprint density at radius 2 is 1.41 bits per heavy atom. The van der Waals surface area contributed by atoms with Crippen molar-refractivity contribution in [3.63, 3.8) is 0 Å². The van der Waals surface area contributed by atoms with Crippen molar-refractivity contribution in [2.45, 2.75) is 79.4 Å². The Balaban J connectivity index is 1.94. The topological polar surface area (TPSA) is 26.3 Å². The van der Waals surface area contributed by atoms with Crippen LogP contribution in [0.5, 0.6) is 0 Å². The number of fused-ring (bicyclic) bond motifs is 1. The van der Waals surface area contributed by atoms with Crippen LogP contribution in [0.1, 0.15) is 67.7 Å². The number of carbonyl (C=O) groups excluding carboxylic acids is 1. The van der Waals surface area contributed by atoms with Crippen LogP contribution in [0.15, 0.2) is 94.7 Å². The monoisotopic (exact) mass is 432 g/mol. The summed E-state index contributed by atoms with van der Waals surface area (Å²) in [5, 5.41) is 0. The van der Waals surface area contributed by atoms with Crippen molar-refractivity contribution in [1.29, 1.82) is 0 Å². The average molecular weight is 433 g/mol. The molecule has 0 bridgehead atoms. The molecule has 2 unspecified atom stereocenters. The lowest BCUT2D eigenvalue weighted by Gasteiger charge is -2.42. The molecule has 1 aliphatic heterocycles. The Morgan fingerprint density at radius 1 is 0.844 bits per heavy atom. The van der Waals surface area contributed by atoms with E-state index in [2.05, 4.69) is 65.0 Å². The van der Waals surface area contributed by atoms with E-state index in [0.717, 1.165) is 18.3 Å². The Morgan fingerprint density at radius 3 is 1.97 bits per heavy atom. The van der Waals surface area contributed by atoms with Crippen molar-refractivity contribution in [3.8, 4) is 0 Å². The molecular weight excluding hydrogens is 392 g/mol. The molecular formula is C30H40O2. The summed E-state index contributed by atoms with van der Waals surface area (Å²) in [5.74, 6) is 0. The quantitative estimate of drug-likeness (QED) is 0.168. The molecule has 2 aliphatic rings. The highest BCUT2D eigenvalue weighted by Gasteiger charge is 2.47. The molecule has 2 nitrogen and oxygen atoms in total. The maximum Gasteiger partial charge on any atom is 0.145 e. The number of ether oxygens (including phenoxy) is 1. The molecule has 1 saturated carbocycles. The first-order chi connectivity index (χ1) is 15.1. The molecule has 1 fully saturated rings. The fourth-order valence-electron chi connectivity index (χ4n) is 4.43. The molecule has 0 aromatic rings. The van der Waals surface area contributed by atoms with Gasteiger partial charge in [0.15, 0.2) is 0 Å². The van der Waals surface area contributed by atoms with Crippen LogP contribution in [-0.4, -0.2) is 18.0 Å². The summed E-state index contributed by atoms with van der Waals surface area (Å²) in [6, 6.07) is 0.